The summed E-state index contributed by atoms with van der Waals surface area (Å²) >= 11 is 7.41. The molecule has 118 valence electrons. The zero-order chi connectivity index (χ0) is 16.7. The first kappa shape index (κ1) is 17.4. The van der Waals surface area contributed by atoms with Crippen LogP contribution >= 0.6 is 23.4 Å². The molecule has 5 heteroatoms. The first-order chi connectivity index (χ1) is 11.1. The number of carbonyl (C=O) groups is 1. The van der Waals surface area contributed by atoms with Gasteiger partial charge in [-0.15, -0.1) is 11.8 Å². The van der Waals surface area contributed by atoms with Crippen LogP contribution in [0.4, 0.5) is 0 Å². The maximum absolute atomic E-state index is 12.0. The minimum absolute atomic E-state index is 0.00564. The Balaban J connectivity index is 1.76. The van der Waals surface area contributed by atoms with Crippen LogP contribution in [0, 0.1) is 11.3 Å². The average molecular weight is 345 g/mol. The Labute approximate surface area is 145 Å². The minimum Gasteiger partial charge on any atom is -0.349 e. The summed E-state index contributed by atoms with van der Waals surface area (Å²) in [7, 11) is 0. The third kappa shape index (κ3) is 5.63. The predicted molar refractivity (Wildman–Crippen MR) is 95.3 cm³/mol. The maximum atomic E-state index is 12.0. The van der Waals surface area contributed by atoms with E-state index < -0.39 is 0 Å². The topological polar surface area (TPSA) is 52.9 Å². The molecule has 0 aliphatic rings. The number of hydrogen-bond donors (Lipinski definition) is 1. The molecule has 0 saturated heterocycles. The zero-order valence-electron chi connectivity index (χ0n) is 12.8. The molecule has 3 nitrogen and oxygen atoms in total. The number of nitrogens with one attached hydrogen (secondary N) is 1. The molecule has 2 aromatic rings. The summed E-state index contributed by atoms with van der Waals surface area (Å²) in [4.78, 5) is 12.0. The van der Waals surface area contributed by atoms with Gasteiger partial charge in [-0.2, -0.15) is 5.26 Å². The van der Waals surface area contributed by atoms with Crippen molar-refractivity contribution >= 4 is 29.3 Å². The van der Waals surface area contributed by atoms with Crippen LogP contribution in [-0.2, 0) is 10.5 Å². The van der Waals surface area contributed by atoms with Crippen molar-refractivity contribution in [2.24, 2.45) is 0 Å². The highest BCUT2D eigenvalue weighted by molar-refractivity contribution is 7.99. The normalized spacial score (nSPS) is 11.5. The van der Waals surface area contributed by atoms with Crippen molar-refractivity contribution in [3.05, 3.63) is 70.2 Å². The van der Waals surface area contributed by atoms with Gasteiger partial charge in [-0.3, -0.25) is 4.79 Å². The summed E-state index contributed by atoms with van der Waals surface area (Å²) in [5, 5.41) is 12.4. The molecule has 0 radical (unpaired) electrons. The van der Waals surface area contributed by atoms with Gasteiger partial charge in [-0.25, -0.2) is 0 Å². The lowest BCUT2D eigenvalue weighted by molar-refractivity contribution is -0.119. The van der Waals surface area contributed by atoms with Gasteiger partial charge in [0.05, 0.1) is 23.4 Å². The maximum Gasteiger partial charge on any atom is 0.230 e. The van der Waals surface area contributed by atoms with Crippen LogP contribution in [0.5, 0.6) is 0 Å². The lowest BCUT2D eigenvalue weighted by atomic mass is 10.1. The van der Waals surface area contributed by atoms with E-state index in [0.29, 0.717) is 16.3 Å². The van der Waals surface area contributed by atoms with Gasteiger partial charge in [-0.05, 0) is 42.3 Å². The Morgan fingerprint density at radius 2 is 1.87 bits per heavy atom. The lowest BCUT2D eigenvalue weighted by Crippen LogP contribution is -2.28. The Kier molecular flexibility index (Phi) is 6.52. The van der Waals surface area contributed by atoms with Crippen molar-refractivity contribution in [2.45, 2.75) is 18.7 Å². The van der Waals surface area contributed by atoms with Gasteiger partial charge in [-0.1, -0.05) is 35.9 Å². The van der Waals surface area contributed by atoms with Gasteiger partial charge in [0.2, 0.25) is 5.91 Å². The molecule has 0 aromatic heterocycles. The zero-order valence-corrected chi connectivity index (χ0v) is 14.3. The summed E-state index contributed by atoms with van der Waals surface area (Å²) in [5.74, 6) is 1.15. The van der Waals surface area contributed by atoms with Gasteiger partial charge in [0.1, 0.15) is 0 Å². The molecule has 0 saturated carbocycles. The second kappa shape index (κ2) is 8.61. The van der Waals surface area contributed by atoms with Gasteiger partial charge >= 0.3 is 0 Å². The van der Waals surface area contributed by atoms with E-state index in [9.17, 15) is 4.79 Å². The highest BCUT2D eigenvalue weighted by Crippen LogP contribution is 2.17. The fourth-order valence-corrected chi connectivity index (χ4v) is 2.98. The van der Waals surface area contributed by atoms with Gasteiger partial charge < -0.3 is 5.32 Å². The molecule has 1 unspecified atom stereocenters. The smallest absolute Gasteiger partial charge is 0.230 e. The Morgan fingerprint density at radius 1 is 1.22 bits per heavy atom. The van der Waals surface area contributed by atoms with Gasteiger partial charge in [0.25, 0.3) is 0 Å². The highest BCUT2D eigenvalue weighted by Gasteiger charge is 2.09. The van der Waals surface area contributed by atoms with E-state index >= 15 is 0 Å². The molecular weight excluding hydrogens is 328 g/mol. The van der Waals surface area contributed by atoms with E-state index in [4.69, 9.17) is 16.9 Å². The quantitative estimate of drug-likeness (QED) is 0.848. The fourth-order valence-electron chi connectivity index (χ4n) is 2.06. The van der Waals surface area contributed by atoms with E-state index in [-0.39, 0.29) is 11.9 Å². The van der Waals surface area contributed by atoms with Gasteiger partial charge in [0, 0.05) is 10.8 Å². The van der Waals surface area contributed by atoms with E-state index in [1.165, 1.54) is 0 Å². The van der Waals surface area contributed by atoms with Gasteiger partial charge in [0.15, 0.2) is 0 Å². The molecule has 0 bridgehead atoms. The average Bonchev–Trinajstić information content (AvgIpc) is 2.56. The Morgan fingerprint density at radius 3 is 2.48 bits per heavy atom. The number of nitriles is 1. The second-order valence-corrected chi connectivity index (χ2v) is 6.56. The largest absolute Gasteiger partial charge is 0.349 e. The van der Waals surface area contributed by atoms with Crippen molar-refractivity contribution in [3.8, 4) is 6.07 Å². The number of thioether (sulfide) groups is 1. The van der Waals surface area contributed by atoms with Crippen LogP contribution in [0.2, 0.25) is 5.02 Å². The first-order valence-corrected chi connectivity index (χ1v) is 8.73. The fraction of sp³-hybridized carbons (Fsp3) is 0.222. The van der Waals surface area contributed by atoms with Crippen molar-refractivity contribution < 1.29 is 4.79 Å². The van der Waals surface area contributed by atoms with E-state index in [1.807, 2.05) is 43.3 Å². The second-order valence-electron chi connectivity index (χ2n) is 5.14. The summed E-state index contributed by atoms with van der Waals surface area (Å²) in [6.07, 6.45) is 0. The first-order valence-electron chi connectivity index (χ1n) is 7.20. The third-order valence-corrected chi connectivity index (χ3v) is 4.59. The highest BCUT2D eigenvalue weighted by atomic mass is 35.5. The molecule has 1 N–H and O–H groups in total. The van der Waals surface area contributed by atoms with Crippen LogP contribution in [0.25, 0.3) is 0 Å². The van der Waals surface area contributed by atoms with Crippen molar-refractivity contribution in [2.75, 3.05) is 5.75 Å². The molecule has 0 spiro atoms. The van der Waals surface area contributed by atoms with Crippen LogP contribution < -0.4 is 5.32 Å². The van der Waals surface area contributed by atoms with E-state index in [2.05, 4.69) is 11.4 Å². The number of rotatable bonds is 6. The summed E-state index contributed by atoms with van der Waals surface area (Å²) in [5.41, 5.74) is 2.78. The van der Waals surface area contributed by atoms with Crippen molar-refractivity contribution in [3.63, 3.8) is 0 Å². The molecule has 0 aliphatic heterocycles. The number of halogens is 1. The standard InChI is InChI=1S/C18H17ClN2OS/c1-13(16-6-8-17(19)9-7-16)21-18(22)12-23-11-15-4-2-14(10-20)3-5-15/h2-9,13H,11-12H2,1H3,(H,21,22). The summed E-state index contributed by atoms with van der Waals surface area (Å²) < 4.78 is 0. The number of carbonyl (C=O) groups excluding carboxylic acids is 1. The lowest BCUT2D eigenvalue weighted by Gasteiger charge is -2.14. The number of amides is 1. The number of benzene rings is 2. The molecule has 1 amide bonds. The summed E-state index contributed by atoms with van der Waals surface area (Å²) in [6, 6.07) is 16.9. The van der Waals surface area contributed by atoms with Crippen molar-refractivity contribution in [1.82, 2.24) is 5.32 Å². The van der Waals surface area contributed by atoms with Crippen LogP contribution in [0.15, 0.2) is 48.5 Å². The SMILES string of the molecule is CC(NC(=O)CSCc1ccc(C#N)cc1)c1ccc(Cl)cc1. The van der Waals surface area contributed by atoms with Crippen molar-refractivity contribution in [1.29, 1.82) is 5.26 Å². The third-order valence-electron chi connectivity index (χ3n) is 3.33. The molecule has 2 aromatic carbocycles. The Bertz CT molecular complexity index is 692. The molecule has 2 rings (SSSR count). The van der Waals surface area contributed by atoms with Crippen LogP contribution in [0.3, 0.4) is 0 Å². The monoisotopic (exact) mass is 344 g/mol. The molecule has 0 aliphatic carbocycles. The molecule has 1 atom stereocenters. The summed E-state index contributed by atoms with van der Waals surface area (Å²) in [6.45, 7) is 1.95. The molecule has 23 heavy (non-hydrogen) atoms. The number of hydrogen-bond acceptors (Lipinski definition) is 3. The van der Waals surface area contributed by atoms with Crippen LogP contribution in [-0.4, -0.2) is 11.7 Å². The Hall–Kier alpha value is -1.96. The number of nitrogens with zero attached hydrogens (tertiary/aromatic N) is 1. The molecule has 0 heterocycles. The van der Waals surface area contributed by atoms with E-state index in [0.717, 1.165) is 16.9 Å². The predicted octanol–water partition coefficient (Wildman–Crippen LogP) is 4.32. The molecule has 0 fully saturated rings. The minimum atomic E-state index is -0.0460. The van der Waals surface area contributed by atoms with E-state index in [1.54, 1.807) is 23.9 Å². The van der Waals surface area contributed by atoms with Crippen LogP contribution in [0.1, 0.15) is 29.7 Å². The molecular formula is C18H17ClN2OS.